The summed E-state index contributed by atoms with van der Waals surface area (Å²) in [5.41, 5.74) is 4.25. The first-order chi connectivity index (χ1) is 16.9. The van der Waals surface area contributed by atoms with E-state index >= 15 is 0 Å². The third-order valence-electron chi connectivity index (χ3n) is 5.69. The van der Waals surface area contributed by atoms with Crippen molar-refractivity contribution in [1.82, 2.24) is 19.7 Å². The Morgan fingerprint density at radius 2 is 1.77 bits per heavy atom. The van der Waals surface area contributed by atoms with Gasteiger partial charge in [0.2, 0.25) is 0 Å². The van der Waals surface area contributed by atoms with E-state index in [2.05, 4.69) is 20.4 Å². The minimum Gasteiger partial charge on any atom is -0.457 e. The van der Waals surface area contributed by atoms with E-state index in [1.165, 1.54) is 10.7 Å². The van der Waals surface area contributed by atoms with Gasteiger partial charge < -0.3 is 15.0 Å². The number of aryl methyl sites for hydroxylation is 3. The SMILES string of the molecule is Cc1ccc(C)c(-n2nc(C(=O)Nc3ccc(Oc4ccnc5[nH]ccc45)cc3)c(C)cc2=O)c1. The molecule has 0 aliphatic rings. The maximum Gasteiger partial charge on any atom is 0.276 e. The van der Waals surface area contributed by atoms with Gasteiger partial charge in [-0.15, -0.1) is 0 Å². The zero-order valence-corrected chi connectivity index (χ0v) is 19.5. The monoisotopic (exact) mass is 465 g/mol. The lowest BCUT2D eigenvalue weighted by Gasteiger charge is -2.13. The number of benzene rings is 2. The van der Waals surface area contributed by atoms with Crippen LogP contribution in [0.3, 0.4) is 0 Å². The molecule has 0 radical (unpaired) electrons. The Balaban J connectivity index is 1.37. The quantitative estimate of drug-likeness (QED) is 0.377. The Labute approximate surface area is 201 Å². The lowest BCUT2D eigenvalue weighted by Crippen LogP contribution is -2.27. The Morgan fingerprint density at radius 1 is 0.971 bits per heavy atom. The summed E-state index contributed by atoms with van der Waals surface area (Å²) in [4.78, 5) is 33.0. The largest absolute Gasteiger partial charge is 0.457 e. The predicted octanol–water partition coefficient (Wildman–Crippen LogP) is 5.08. The van der Waals surface area contributed by atoms with Crippen LogP contribution in [0.15, 0.2) is 77.9 Å². The molecule has 3 aromatic heterocycles. The van der Waals surface area contributed by atoms with Gasteiger partial charge in [-0.05, 0) is 79.9 Å². The van der Waals surface area contributed by atoms with Crippen LogP contribution in [0.5, 0.6) is 11.5 Å². The van der Waals surface area contributed by atoms with Crippen molar-refractivity contribution in [2.24, 2.45) is 0 Å². The van der Waals surface area contributed by atoms with E-state index in [1.54, 1.807) is 43.5 Å². The molecule has 0 fully saturated rings. The maximum atomic E-state index is 13.0. The van der Waals surface area contributed by atoms with Crippen LogP contribution in [0, 0.1) is 20.8 Å². The van der Waals surface area contributed by atoms with Crippen molar-refractivity contribution in [2.75, 3.05) is 5.32 Å². The summed E-state index contributed by atoms with van der Waals surface area (Å²) in [6, 6.07) is 17.9. The van der Waals surface area contributed by atoms with Gasteiger partial charge in [0, 0.05) is 24.1 Å². The molecule has 174 valence electrons. The summed E-state index contributed by atoms with van der Waals surface area (Å²) < 4.78 is 7.26. The fraction of sp³-hybridized carbons (Fsp3) is 0.111. The van der Waals surface area contributed by atoms with Crippen molar-refractivity contribution >= 4 is 22.6 Å². The van der Waals surface area contributed by atoms with Gasteiger partial charge in [-0.25, -0.2) is 4.98 Å². The zero-order chi connectivity index (χ0) is 24.5. The van der Waals surface area contributed by atoms with E-state index in [0.29, 0.717) is 28.4 Å². The van der Waals surface area contributed by atoms with Gasteiger partial charge in [0.05, 0.1) is 11.1 Å². The van der Waals surface area contributed by atoms with Crippen LogP contribution in [0.1, 0.15) is 27.2 Å². The third-order valence-corrected chi connectivity index (χ3v) is 5.69. The Kier molecular flexibility index (Phi) is 5.62. The smallest absolute Gasteiger partial charge is 0.276 e. The number of nitrogens with one attached hydrogen (secondary N) is 2. The zero-order valence-electron chi connectivity index (χ0n) is 19.5. The molecule has 2 N–H and O–H groups in total. The summed E-state index contributed by atoms with van der Waals surface area (Å²) in [6.45, 7) is 5.54. The van der Waals surface area contributed by atoms with E-state index in [-0.39, 0.29) is 11.3 Å². The van der Waals surface area contributed by atoms with Gasteiger partial charge in [-0.2, -0.15) is 9.78 Å². The van der Waals surface area contributed by atoms with E-state index in [1.807, 2.05) is 44.3 Å². The number of hydrogen-bond acceptors (Lipinski definition) is 5. The Morgan fingerprint density at radius 3 is 2.57 bits per heavy atom. The van der Waals surface area contributed by atoms with Crippen molar-refractivity contribution in [2.45, 2.75) is 20.8 Å². The molecule has 1 amide bonds. The minimum absolute atomic E-state index is 0.178. The van der Waals surface area contributed by atoms with Gasteiger partial charge in [0.1, 0.15) is 17.1 Å². The van der Waals surface area contributed by atoms with Crippen LogP contribution in [0.4, 0.5) is 5.69 Å². The minimum atomic E-state index is -0.404. The molecule has 8 heteroatoms. The van der Waals surface area contributed by atoms with Gasteiger partial charge in [0.25, 0.3) is 11.5 Å². The second-order valence-electron chi connectivity index (χ2n) is 8.35. The molecule has 0 saturated carbocycles. The fourth-order valence-corrected chi connectivity index (χ4v) is 3.84. The molecule has 0 aliphatic heterocycles. The molecular weight excluding hydrogens is 442 g/mol. The first kappa shape index (κ1) is 22.1. The van der Waals surface area contributed by atoms with Crippen molar-refractivity contribution in [3.8, 4) is 17.2 Å². The second kappa shape index (κ2) is 8.90. The number of H-pyrrole nitrogens is 1. The van der Waals surface area contributed by atoms with E-state index < -0.39 is 5.91 Å². The molecule has 0 atom stereocenters. The molecule has 0 spiro atoms. The first-order valence-corrected chi connectivity index (χ1v) is 11.1. The molecule has 0 saturated heterocycles. The molecule has 35 heavy (non-hydrogen) atoms. The number of aromatic amines is 1. The second-order valence-corrected chi connectivity index (χ2v) is 8.35. The van der Waals surface area contributed by atoms with Crippen LogP contribution in [0.2, 0.25) is 0 Å². The topological polar surface area (TPSA) is 102 Å². The molecule has 0 unspecified atom stereocenters. The van der Waals surface area contributed by atoms with Crippen LogP contribution in [0.25, 0.3) is 16.7 Å². The average molecular weight is 466 g/mol. The highest BCUT2D eigenvalue weighted by Crippen LogP contribution is 2.29. The van der Waals surface area contributed by atoms with Crippen LogP contribution in [-0.4, -0.2) is 25.7 Å². The highest BCUT2D eigenvalue weighted by Gasteiger charge is 2.16. The van der Waals surface area contributed by atoms with Crippen molar-refractivity contribution < 1.29 is 9.53 Å². The number of anilines is 1. The summed E-state index contributed by atoms with van der Waals surface area (Å²) in [7, 11) is 0. The van der Waals surface area contributed by atoms with Gasteiger partial charge >= 0.3 is 0 Å². The van der Waals surface area contributed by atoms with E-state index in [9.17, 15) is 9.59 Å². The summed E-state index contributed by atoms with van der Waals surface area (Å²) in [6.07, 6.45) is 3.48. The van der Waals surface area contributed by atoms with Gasteiger partial charge in [-0.1, -0.05) is 12.1 Å². The standard InChI is InChI=1S/C27H23N5O3/c1-16-4-5-17(2)22(14-16)32-24(33)15-18(3)25(31-32)27(34)30-19-6-8-20(9-7-19)35-23-11-13-29-26-21(23)10-12-28-26/h4-15H,1-3H3,(H,28,29)(H,30,34). The van der Waals surface area contributed by atoms with E-state index in [4.69, 9.17) is 4.74 Å². The molecule has 3 heterocycles. The number of fused-ring (bicyclic) bond motifs is 1. The summed E-state index contributed by atoms with van der Waals surface area (Å²) >= 11 is 0. The van der Waals surface area contributed by atoms with E-state index in [0.717, 1.165) is 22.2 Å². The van der Waals surface area contributed by atoms with Crippen molar-refractivity contribution in [3.05, 3.63) is 106 Å². The Hall–Kier alpha value is -4.72. The van der Waals surface area contributed by atoms with Crippen molar-refractivity contribution in [1.29, 1.82) is 0 Å². The maximum absolute atomic E-state index is 13.0. The number of pyridine rings is 1. The highest BCUT2D eigenvalue weighted by molar-refractivity contribution is 6.03. The molecule has 2 aromatic carbocycles. The highest BCUT2D eigenvalue weighted by atomic mass is 16.5. The number of amides is 1. The number of nitrogens with zero attached hydrogens (tertiary/aromatic N) is 3. The van der Waals surface area contributed by atoms with Crippen LogP contribution < -0.4 is 15.6 Å². The predicted molar refractivity (Wildman–Crippen MR) is 135 cm³/mol. The number of carbonyl (C=O) groups excluding carboxylic acids is 1. The Bertz CT molecular complexity index is 1620. The molecule has 0 aliphatic carbocycles. The number of aromatic nitrogens is 4. The van der Waals surface area contributed by atoms with Gasteiger partial charge in [-0.3, -0.25) is 9.59 Å². The number of rotatable bonds is 5. The molecular formula is C27H23N5O3. The first-order valence-electron chi connectivity index (χ1n) is 11.1. The molecule has 8 nitrogen and oxygen atoms in total. The normalized spacial score (nSPS) is 10.9. The lowest BCUT2D eigenvalue weighted by atomic mass is 10.1. The third kappa shape index (κ3) is 4.41. The summed E-state index contributed by atoms with van der Waals surface area (Å²) in [5.74, 6) is 0.898. The number of carbonyl (C=O) groups is 1. The molecule has 5 rings (SSSR count). The summed E-state index contributed by atoms with van der Waals surface area (Å²) in [5, 5.41) is 8.13. The fourth-order valence-electron chi connectivity index (χ4n) is 3.84. The molecule has 5 aromatic rings. The van der Waals surface area contributed by atoms with Crippen molar-refractivity contribution in [3.63, 3.8) is 0 Å². The number of ether oxygens (including phenoxy) is 1. The number of hydrogen-bond donors (Lipinski definition) is 2. The van der Waals surface area contributed by atoms with Gasteiger partial charge in [0.15, 0.2) is 5.69 Å². The molecule has 0 bridgehead atoms. The average Bonchev–Trinajstić information content (AvgIpc) is 3.32. The van der Waals surface area contributed by atoms with Crippen LogP contribution in [-0.2, 0) is 0 Å². The lowest BCUT2D eigenvalue weighted by molar-refractivity contribution is 0.102. The van der Waals surface area contributed by atoms with Crippen LogP contribution >= 0.6 is 0 Å².